The van der Waals surface area contributed by atoms with Crippen molar-refractivity contribution in [1.29, 1.82) is 0 Å². The minimum Gasteiger partial charge on any atom is -0.353 e. The van der Waals surface area contributed by atoms with E-state index in [4.69, 9.17) is 9.97 Å². The number of thioether (sulfide) groups is 2. The molecule has 1 aliphatic carbocycles. The highest BCUT2D eigenvalue weighted by Gasteiger charge is 2.32. The predicted molar refractivity (Wildman–Crippen MR) is 91.6 cm³/mol. The van der Waals surface area contributed by atoms with E-state index in [1.54, 1.807) is 11.8 Å². The quantitative estimate of drug-likeness (QED) is 0.637. The van der Waals surface area contributed by atoms with Crippen LogP contribution in [0.3, 0.4) is 0 Å². The van der Waals surface area contributed by atoms with E-state index < -0.39 is 0 Å². The van der Waals surface area contributed by atoms with Gasteiger partial charge in [0.2, 0.25) is 5.91 Å². The molecule has 0 bridgehead atoms. The lowest BCUT2D eigenvalue weighted by atomic mass is 10.0. The Morgan fingerprint density at radius 2 is 2.14 bits per heavy atom. The van der Waals surface area contributed by atoms with Crippen LogP contribution in [0, 0.1) is 0 Å². The first-order valence-corrected chi connectivity index (χ1v) is 9.94. The van der Waals surface area contributed by atoms with Crippen molar-refractivity contribution in [3.8, 4) is 0 Å². The second-order valence-corrected chi connectivity index (χ2v) is 8.49. The zero-order chi connectivity index (χ0) is 15.7. The molecule has 2 aliphatic rings. The Morgan fingerprint density at radius 1 is 1.36 bits per heavy atom. The first kappa shape index (κ1) is 16.1. The van der Waals surface area contributed by atoms with Crippen LogP contribution in [0.4, 0.5) is 0 Å². The van der Waals surface area contributed by atoms with Crippen LogP contribution in [0.2, 0.25) is 0 Å². The van der Waals surface area contributed by atoms with Gasteiger partial charge in [0.05, 0.1) is 5.75 Å². The van der Waals surface area contributed by atoms with Crippen LogP contribution in [-0.2, 0) is 11.2 Å². The van der Waals surface area contributed by atoms with Gasteiger partial charge < -0.3 is 5.32 Å². The maximum Gasteiger partial charge on any atom is 0.230 e. The Hall–Kier alpha value is -0.750. The highest BCUT2D eigenvalue weighted by molar-refractivity contribution is 8.01. The minimum atomic E-state index is 0.128. The maximum atomic E-state index is 11.9. The van der Waals surface area contributed by atoms with Crippen LogP contribution in [0.25, 0.3) is 0 Å². The molecule has 1 fully saturated rings. The summed E-state index contributed by atoms with van der Waals surface area (Å²) in [7, 11) is 0. The predicted octanol–water partition coefficient (Wildman–Crippen LogP) is 3.40. The molecule has 0 spiro atoms. The number of carbonyl (C=O) groups is 1. The number of fused-ring (bicyclic) bond motifs is 1. The summed E-state index contributed by atoms with van der Waals surface area (Å²) in [5.41, 5.74) is 1.25. The second-order valence-electron chi connectivity index (χ2n) is 6.16. The molecular weight excluding hydrogens is 314 g/mol. The molecule has 1 N–H and O–H groups in total. The van der Waals surface area contributed by atoms with Gasteiger partial charge in [-0.25, -0.2) is 9.97 Å². The molecule has 0 aromatic carbocycles. The number of hydrogen-bond acceptors (Lipinski definition) is 5. The molecule has 120 valence electrons. The van der Waals surface area contributed by atoms with Gasteiger partial charge in [-0.05, 0) is 25.2 Å². The fraction of sp³-hybridized carbons (Fsp3) is 0.688. The molecule has 6 heteroatoms. The molecule has 0 unspecified atom stereocenters. The number of nitrogens with zero attached hydrogens (tertiary/aromatic N) is 2. The molecule has 0 radical (unpaired) electrons. The first-order chi connectivity index (χ1) is 10.6. The van der Waals surface area contributed by atoms with Gasteiger partial charge in [-0.15, -0.1) is 11.8 Å². The molecule has 22 heavy (non-hydrogen) atoms. The zero-order valence-corrected chi connectivity index (χ0v) is 15.0. The van der Waals surface area contributed by atoms with E-state index in [-0.39, 0.29) is 5.91 Å². The van der Waals surface area contributed by atoms with Crippen LogP contribution in [0.15, 0.2) is 10.1 Å². The molecule has 1 aromatic rings. The number of hydrogen-bond donors (Lipinski definition) is 1. The Balaban J connectivity index is 1.77. The summed E-state index contributed by atoms with van der Waals surface area (Å²) in [6.07, 6.45) is 4.20. The third kappa shape index (κ3) is 3.59. The number of carbonyl (C=O) groups excluding carboxylic acids is 1. The lowest BCUT2D eigenvalue weighted by Crippen LogP contribution is -2.27. The standard InChI is InChI=1S/C16H23N3OS2/c1-4-5-12-18-15(21-8-13(20)17-11-6-7-11)14-9(2)10(3)22-16(14)19-12/h9-11H,4-8H2,1-3H3,(H,17,20)/t9-,10+/m1/s1. The third-order valence-electron chi connectivity index (χ3n) is 4.14. The normalized spacial score (nSPS) is 23.4. The average molecular weight is 338 g/mol. The number of amides is 1. The molecule has 0 saturated heterocycles. The van der Waals surface area contributed by atoms with E-state index in [9.17, 15) is 4.79 Å². The summed E-state index contributed by atoms with van der Waals surface area (Å²) >= 11 is 3.42. The lowest BCUT2D eigenvalue weighted by molar-refractivity contribution is -0.118. The monoisotopic (exact) mass is 337 g/mol. The SMILES string of the molecule is CCCc1nc(SCC(=O)NC2CC2)c2c(n1)S[C@@H](C)[C@H]2C. The van der Waals surface area contributed by atoms with Gasteiger partial charge in [0, 0.05) is 23.3 Å². The first-order valence-electron chi connectivity index (χ1n) is 8.08. The Bertz CT molecular complexity index is 575. The molecule has 1 amide bonds. The molecule has 2 atom stereocenters. The summed E-state index contributed by atoms with van der Waals surface area (Å²) in [6.45, 7) is 6.62. The molecule has 2 heterocycles. The summed E-state index contributed by atoms with van der Waals surface area (Å²) in [4.78, 5) is 21.4. The number of aromatic nitrogens is 2. The minimum absolute atomic E-state index is 0.128. The van der Waals surface area contributed by atoms with Gasteiger partial charge in [0.1, 0.15) is 15.9 Å². The van der Waals surface area contributed by atoms with Crippen molar-refractivity contribution in [3.63, 3.8) is 0 Å². The smallest absolute Gasteiger partial charge is 0.230 e. The fourth-order valence-electron chi connectivity index (χ4n) is 2.54. The van der Waals surface area contributed by atoms with Crippen molar-refractivity contribution in [2.75, 3.05) is 5.75 Å². The largest absolute Gasteiger partial charge is 0.353 e. The van der Waals surface area contributed by atoms with Crippen molar-refractivity contribution in [3.05, 3.63) is 11.4 Å². The van der Waals surface area contributed by atoms with Crippen LogP contribution in [0.5, 0.6) is 0 Å². The topological polar surface area (TPSA) is 54.9 Å². The van der Waals surface area contributed by atoms with Crippen molar-refractivity contribution < 1.29 is 4.79 Å². The molecule has 1 saturated carbocycles. The van der Waals surface area contributed by atoms with E-state index >= 15 is 0 Å². The van der Waals surface area contributed by atoms with Gasteiger partial charge >= 0.3 is 0 Å². The van der Waals surface area contributed by atoms with E-state index in [0.29, 0.717) is 23.0 Å². The van der Waals surface area contributed by atoms with Crippen LogP contribution < -0.4 is 5.32 Å². The van der Waals surface area contributed by atoms with Gasteiger partial charge in [-0.3, -0.25) is 4.79 Å². The van der Waals surface area contributed by atoms with E-state index in [0.717, 1.165) is 41.6 Å². The van der Waals surface area contributed by atoms with Crippen molar-refractivity contribution >= 4 is 29.4 Å². The van der Waals surface area contributed by atoms with Crippen molar-refractivity contribution in [2.45, 2.75) is 73.7 Å². The van der Waals surface area contributed by atoms with Crippen LogP contribution in [0.1, 0.15) is 57.3 Å². The molecule has 4 nitrogen and oxygen atoms in total. The summed E-state index contributed by atoms with van der Waals surface area (Å²) < 4.78 is 0. The van der Waals surface area contributed by atoms with Crippen molar-refractivity contribution in [2.24, 2.45) is 0 Å². The Morgan fingerprint density at radius 3 is 2.82 bits per heavy atom. The van der Waals surface area contributed by atoms with Crippen LogP contribution in [-0.4, -0.2) is 32.9 Å². The summed E-state index contributed by atoms with van der Waals surface area (Å²) in [6, 6.07) is 0.425. The summed E-state index contributed by atoms with van der Waals surface area (Å²) in [5, 5.41) is 5.72. The second kappa shape index (κ2) is 6.79. The van der Waals surface area contributed by atoms with Gasteiger partial charge in [-0.2, -0.15) is 0 Å². The van der Waals surface area contributed by atoms with Gasteiger partial charge in [-0.1, -0.05) is 32.5 Å². The highest BCUT2D eigenvalue weighted by atomic mass is 32.2. The highest BCUT2D eigenvalue weighted by Crippen LogP contribution is 2.47. The van der Waals surface area contributed by atoms with Crippen molar-refractivity contribution in [1.82, 2.24) is 15.3 Å². The number of aryl methyl sites for hydroxylation is 1. The van der Waals surface area contributed by atoms with E-state index in [1.165, 1.54) is 5.56 Å². The average Bonchev–Trinajstić information content (AvgIpc) is 3.23. The van der Waals surface area contributed by atoms with E-state index in [2.05, 4.69) is 26.1 Å². The van der Waals surface area contributed by atoms with Gasteiger partial charge in [0.15, 0.2) is 0 Å². The Kier molecular flexibility index (Phi) is 4.97. The maximum absolute atomic E-state index is 11.9. The Labute approximate surface area is 140 Å². The molecule has 1 aromatic heterocycles. The third-order valence-corrected chi connectivity index (χ3v) is 6.44. The molecule has 3 rings (SSSR count). The number of rotatable bonds is 6. The summed E-state index contributed by atoms with van der Waals surface area (Å²) in [5.74, 6) is 1.95. The fourth-order valence-corrected chi connectivity index (χ4v) is 4.82. The van der Waals surface area contributed by atoms with Crippen LogP contribution >= 0.6 is 23.5 Å². The lowest BCUT2D eigenvalue weighted by Gasteiger charge is -2.13. The zero-order valence-electron chi connectivity index (χ0n) is 13.4. The van der Waals surface area contributed by atoms with Gasteiger partial charge in [0.25, 0.3) is 0 Å². The van der Waals surface area contributed by atoms with E-state index in [1.807, 2.05) is 11.8 Å². The molecule has 1 aliphatic heterocycles. The number of nitrogens with one attached hydrogen (secondary N) is 1. The molecular formula is C16H23N3OS2.